The lowest BCUT2D eigenvalue weighted by Gasteiger charge is -2.37. The summed E-state index contributed by atoms with van der Waals surface area (Å²) in [6.07, 6.45) is 4.50. The Morgan fingerprint density at radius 2 is 1.88 bits per heavy atom. The van der Waals surface area contributed by atoms with E-state index in [1.54, 1.807) is 35.1 Å². The molecule has 9 heteroatoms. The normalized spacial score (nSPS) is 13.2. The van der Waals surface area contributed by atoms with Crippen molar-refractivity contribution in [2.24, 2.45) is 5.41 Å². The second kappa shape index (κ2) is 9.35. The smallest absolute Gasteiger partial charge is 0.413 e. The molecule has 168 valence electrons. The average Bonchev–Trinajstić information content (AvgIpc) is 3.19. The molecule has 8 nitrogen and oxygen atoms in total. The van der Waals surface area contributed by atoms with Gasteiger partial charge in [0.15, 0.2) is 10.7 Å². The standard InChI is InChI=1S/C23H26N4O4S/c1-22(2,3)15-23(19(28)29,17-9-10-18-24-11-12-27(18)13-17)26-20(32)25-21(30)31-14-16-7-5-4-6-8-16/h4-13H,14-15H2,1-3H3,(H,28,29)(H2,25,26,30,32)/t23-/m1/s1. The lowest BCUT2D eigenvalue weighted by Crippen LogP contribution is -2.57. The molecule has 0 aliphatic rings. The van der Waals surface area contributed by atoms with Crippen LogP contribution in [0.3, 0.4) is 0 Å². The number of amides is 1. The number of alkyl carbamates (subject to hydrolysis) is 1. The highest BCUT2D eigenvalue weighted by atomic mass is 32.1. The molecule has 3 rings (SSSR count). The minimum atomic E-state index is -1.58. The number of aliphatic carboxylic acids is 1. The molecule has 1 atom stereocenters. The molecule has 0 fully saturated rings. The van der Waals surface area contributed by atoms with E-state index in [2.05, 4.69) is 15.6 Å². The van der Waals surface area contributed by atoms with Gasteiger partial charge in [0.05, 0.1) is 0 Å². The molecule has 1 aromatic carbocycles. The molecular formula is C23H26N4O4S. The van der Waals surface area contributed by atoms with Crippen LogP contribution < -0.4 is 10.6 Å². The van der Waals surface area contributed by atoms with E-state index in [0.29, 0.717) is 11.2 Å². The van der Waals surface area contributed by atoms with Crippen LogP contribution in [0.25, 0.3) is 5.65 Å². The highest BCUT2D eigenvalue weighted by Crippen LogP contribution is 2.35. The first-order valence-corrected chi connectivity index (χ1v) is 10.5. The van der Waals surface area contributed by atoms with Crippen molar-refractivity contribution < 1.29 is 19.4 Å². The van der Waals surface area contributed by atoms with E-state index in [-0.39, 0.29) is 23.6 Å². The van der Waals surface area contributed by atoms with Crippen LogP contribution in [0.1, 0.15) is 38.3 Å². The van der Waals surface area contributed by atoms with Crippen LogP contribution in [0.4, 0.5) is 4.79 Å². The Morgan fingerprint density at radius 3 is 2.53 bits per heavy atom. The van der Waals surface area contributed by atoms with Gasteiger partial charge in [-0.3, -0.25) is 5.32 Å². The van der Waals surface area contributed by atoms with Crippen LogP contribution in [-0.2, 0) is 21.7 Å². The van der Waals surface area contributed by atoms with Crippen LogP contribution in [0.5, 0.6) is 0 Å². The molecular weight excluding hydrogens is 428 g/mol. The van der Waals surface area contributed by atoms with Gasteiger partial charge in [0, 0.05) is 24.2 Å². The van der Waals surface area contributed by atoms with E-state index in [4.69, 9.17) is 17.0 Å². The summed E-state index contributed by atoms with van der Waals surface area (Å²) < 4.78 is 6.93. The van der Waals surface area contributed by atoms with Gasteiger partial charge in [-0.25, -0.2) is 14.6 Å². The third-order valence-electron chi connectivity index (χ3n) is 4.80. The second-order valence-corrected chi connectivity index (χ2v) is 9.11. The van der Waals surface area contributed by atoms with E-state index in [1.807, 2.05) is 51.1 Å². The SMILES string of the molecule is CC(C)(C)C[C@](NC(=S)NC(=O)OCc1ccccc1)(C(=O)O)c1ccc2nccn2c1. The van der Waals surface area contributed by atoms with Crippen LogP contribution in [0, 0.1) is 5.41 Å². The van der Waals surface area contributed by atoms with Gasteiger partial charge in [0.2, 0.25) is 0 Å². The monoisotopic (exact) mass is 454 g/mol. The number of hydrogen-bond donors (Lipinski definition) is 3. The fraction of sp³-hybridized carbons (Fsp3) is 0.304. The van der Waals surface area contributed by atoms with Crippen molar-refractivity contribution in [2.75, 3.05) is 0 Å². The average molecular weight is 455 g/mol. The Morgan fingerprint density at radius 1 is 1.16 bits per heavy atom. The van der Waals surface area contributed by atoms with Crippen molar-refractivity contribution in [3.05, 3.63) is 72.2 Å². The summed E-state index contributed by atoms with van der Waals surface area (Å²) in [6, 6.07) is 12.6. The Kier molecular flexibility index (Phi) is 6.78. The van der Waals surface area contributed by atoms with Gasteiger partial charge >= 0.3 is 12.1 Å². The number of pyridine rings is 1. The zero-order chi connectivity index (χ0) is 23.4. The lowest BCUT2D eigenvalue weighted by molar-refractivity contribution is -0.146. The van der Waals surface area contributed by atoms with E-state index in [9.17, 15) is 14.7 Å². The molecule has 32 heavy (non-hydrogen) atoms. The molecule has 3 N–H and O–H groups in total. The molecule has 0 saturated heterocycles. The molecule has 0 radical (unpaired) electrons. The van der Waals surface area contributed by atoms with Gasteiger partial charge in [0.25, 0.3) is 0 Å². The number of carboxylic acid groups (broad SMARTS) is 1. The number of thiocarbonyl (C=S) groups is 1. The Bertz CT molecular complexity index is 1120. The molecule has 0 saturated carbocycles. The number of carboxylic acids is 1. The Balaban J connectivity index is 1.82. The molecule has 0 aliphatic heterocycles. The van der Waals surface area contributed by atoms with Crippen molar-refractivity contribution in [3.8, 4) is 0 Å². The molecule has 2 aromatic heterocycles. The minimum Gasteiger partial charge on any atom is -0.479 e. The van der Waals surface area contributed by atoms with Gasteiger partial charge < -0.3 is 19.6 Å². The third-order valence-corrected chi connectivity index (χ3v) is 5.00. The van der Waals surface area contributed by atoms with E-state index >= 15 is 0 Å². The quantitative estimate of drug-likeness (QED) is 0.486. The zero-order valence-corrected chi connectivity index (χ0v) is 19.0. The number of rotatable bonds is 6. The van der Waals surface area contributed by atoms with Crippen LogP contribution >= 0.6 is 12.2 Å². The van der Waals surface area contributed by atoms with Crippen molar-refractivity contribution in [2.45, 2.75) is 39.3 Å². The zero-order valence-electron chi connectivity index (χ0n) is 18.2. The summed E-state index contributed by atoms with van der Waals surface area (Å²) in [5.41, 5.74) is 0.0307. The number of carbonyl (C=O) groups excluding carboxylic acids is 1. The molecule has 1 amide bonds. The summed E-state index contributed by atoms with van der Waals surface area (Å²) in [7, 11) is 0. The van der Waals surface area contributed by atoms with Gasteiger partial charge in [-0.1, -0.05) is 57.2 Å². The van der Waals surface area contributed by atoms with Gasteiger partial charge in [-0.05, 0) is 35.7 Å². The first-order valence-electron chi connectivity index (χ1n) is 10.1. The number of ether oxygens (including phenoxy) is 1. The largest absolute Gasteiger partial charge is 0.479 e. The molecule has 3 aromatic rings. The number of benzene rings is 1. The predicted molar refractivity (Wildman–Crippen MR) is 124 cm³/mol. The maximum atomic E-state index is 12.6. The fourth-order valence-corrected chi connectivity index (χ4v) is 3.77. The Hall–Kier alpha value is -3.46. The summed E-state index contributed by atoms with van der Waals surface area (Å²) in [5, 5.41) is 15.5. The fourth-order valence-electron chi connectivity index (χ4n) is 3.52. The second-order valence-electron chi connectivity index (χ2n) is 8.70. The topological polar surface area (TPSA) is 105 Å². The van der Waals surface area contributed by atoms with Gasteiger partial charge in [-0.15, -0.1) is 0 Å². The molecule has 0 bridgehead atoms. The predicted octanol–water partition coefficient (Wildman–Crippen LogP) is 3.85. The summed E-state index contributed by atoms with van der Waals surface area (Å²) in [6.45, 7) is 5.88. The molecule has 0 unspecified atom stereocenters. The number of aromatic nitrogens is 2. The summed E-state index contributed by atoms with van der Waals surface area (Å²) >= 11 is 5.29. The summed E-state index contributed by atoms with van der Waals surface area (Å²) in [4.78, 5) is 29.0. The maximum absolute atomic E-state index is 12.6. The lowest BCUT2D eigenvalue weighted by atomic mass is 9.76. The minimum absolute atomic E-state index is 0.0681. The van der Waals surface area contributed by atoms with Crippen molar-refractivity contribution in [1.29, 1.82) is 0 Å². The first kappa shape index (κ1) is 23.2. The number of fused-ring (bicyclic) bond motifs is 1. The van der Waals surface area contributed by atoms with Gasteiger partial charge in [-0.2, -0.15) is 0 Å². The number of imidazole rings is 1. The van der Waals surface area contributed by atoms with Crippen LogP contribution in [0.2, 0.25) is 0 Å². The third kappa shape index (κ3) is 5.61. The number of nitrogens with one attached hydrogen (secondary N) is 2. The molecule has 0 aliphatic carbocycles. The highest BCUT2D eigenvalue weighted by Gasteiger charge is 2.44. The van der Waals surface area contributed by atoms with E-state index in [1.165, 1.54) is 0 Å². The van der Waals surface area contributed by atoms with Crippen molar-refractivity contribution in [3.63, 3.8) is 0 Å². The first-order chi connectivity index (χ1) is 15.1. The highest BCUT2D eigenvalue weighted by molar-refractivity contribution is 7.80. The van der Waals surface area contributed by atoms with E-state index in [0.717, 1.165) is 5.56 Å². The molecule has 2 heterocycles. The van der Waals surface area contributed by atoms with E-state index < -0.39 is 17.6 Å². The maximum Gasteiger partial charge on any atom is 0.413 e. The van der Waals surface area contributed by atoms with Gasteiger partial charge in [0.1, 0.15) is 12.3 Å². The number of hydrogen-bond acceptors (Lipinski definition) is 5. The summed E-state index contributed by atoms with van der Waals surface area (Å²) in [5.74, 6) is -1.12. The Labute approximate surface area is 191 Å². The molecule has 0 spiro atoms. The van der Waals surface area contributed by atoms with Crippen LogP contribution in [0.15, 0.2) is 61.1 Å². The van der Waals surface area contributed by atoms with Crippen molar-refractivity contribution in [1.82, 2.24) is 20.0 Å². The van der Waals surface area contributed by atoms with Crippen LogP contribution in [-0.4, -0.2) is 31.7 Å². The van der Waals surface area contributed by atoms with Crippen molar-refractivity contribution >= 4 is 35.0 Å². The number of nitrogens with zero attached hydrogens (tertiary/aromatic N) is 2. The number of carbonyl (C=O) groups is 2.